The second kappa shape index (κ2) is 10.6. The molecule has 30 heavy (non-hydrogen) atoms. The SMILES string of the molecule is CCOc1cc([N+](=O)[O-])c(C(=O)OCC(=O)NCc2ccccc2OC)cc1OC. The Balaban J connectivity index is 2.06. The molecule has 0 radical (unpaired) electrons. The summed E-state index contributed by atoms with van der Waals surface area (Å²) in [5.74, 6) is -0.745. The van der Waals surface area contributed by atoms with Crippen molar-refractivity contribution in [2.75, 3.05) is 27.4 Å². The van der Waals surface area contributed by atoms with E-state index >= 15 is 0 Å². The van der Waals surface area contributed by atoms with Crippen LogP contribution in [0.1, 0.15) is 22.8 Å². The molecule has 0 aromatic heterocycles. The molecule has 0 atom stereocenters. The fourth-order valence-corrected chi connectivity index (χ4v) is 2.59. The smallest absolute Gasteiger partial charge is 0.345 e. The molecule has 0 heterocycles. The van der Waals surface area contributed by atoms with Gasteiger partial charge in [0.15, 0.2) is 18.1 Å². The van der Waals surface area contributed by atoms with E-state index in [0.717, 1.165) is 17.7 Å². The van der Waals surface area contributed by atoms with Gasteiger partial charge in [-0.3, -0.25) is 14.9 Å². The van der Waals surface area contributed by atoms with Crippen molar-refractivity contribution in [3.8, 4) is 17.2 Å². The molecule has 0 aliphatic carbocycles. The molecule has 1 N–H and O–H groups in total. The van der Waals surface area contributed by atoms with E-state index in [1.165, 1.54) is 14.2 Å². The van der Waals surface area contributed by atoms with Crippen molar-refractivity contribution in [2.45, 2.75) is 13.5 Å². The molecule has 0 unspecified atom stereocenters. The van der Waals surface area contributed by atoms with Crippen LogP contribution in [0, 0.1) is 10.1 Å². The highest BCUT2D eigenvalue weighted by atomic mass is 16.6. The maximum absolute atomic E-state index is 12.4. The van der Waals surface area contributed by atoms with Crippen LogP contribution in [0.25, 0.3) is 0 Å². The fourth-order valence-electron chi connectivity index (χ4n) is 2.59. The number of rotatable bonds is 10. The van der Waals surface area contributed by atoms with Gasteiger partial charge in [-0.1, -0.05) is 18.2 Å². The van der Waals surface area contributed by atoms with Crippen molar-refractivity contribution in [3.63, 3.8) is 0 Å². The van der Waals surface area contributed by atoms with Crippen LogP contribution in [0.15, 0.2) is 36.4 Å². The van der Waals surface area contributed by atoms with Crippen LogP contribution in [0.2, 0.25) is 0 Å². The maximum atomic E-state index is 12.4. The first-order valence-corrected chi connectivity index (χ1v) is 8.96. The highest BCUT2D eigenvalue weighted by Crippen LogP contribution is 2.35. The Morgan fingerprint density at radius 3 is 2.40 bits per heavy atom. The van der Waals surface area contributed by atoms with Crippen LogP contribution in [0.4, 0.5) is 5.69 Å². The normalized spacial score (nSPS) is 10.1. The standard InChI is InChI=1S/C20H22N2O8/c1-4-29-18-10-15(22(25)26)14(9-17(18)28-3)20(24)30-12-19(23)21-11-13-7-5-6-8-16(13)27-2/h5-10H,4,11-12H2,1-3H3,(H,21,23). The summed E-state index contributed by atoms with van der Waals surface area (Å²) >= 11 is 0. The average Bonchev–Trinajstić information content (AvgIpc) is 2.75. The van der Waals surface area contributed by atoms with Gasteiger partial charge < -0.3 is 24.3 Å². The predicted octanol–water partition coefficient (Wildman–Crippen LogP) is 2.48. The molecule has 0 fully saturated rings. The average molecular weight is 418 g/mol. The number of carbonyl (C=O) groups is 2. The van der Waals surface area contributed by atoms with Crippen molar-refractivity contribution >= 4 is 17.6 Å². The number of esters is 1. The lowest BCUT2D eigenvalue weighted by Crippen LogP contribution is -2.28. The number of nitrogens with zero attached hydrogens (tertiary/aromatic N) is 1. The third kappa shape index (κ3) is 5.60. The number of hydrogen-bond donors (Lipinski definition) is 1. The Kier molecular flexibility index (Phi) is 7.98. The number of carbonyl (C=O) groups excluding carboxylic acids is 2. The summed E-state index contributed by atoms with van der Waals surface area (Å²) in [6.45, 7) is 1.51. The molecule has 0 aliphatic heterocycles. The molecule has 0 saturated heterocycles. The third-order valence-corrected chi connectivity index (χ3v) is 4.00. The van der Waals surface area contributed by atoms with Gasteiger partial charge in [0, 0.05) is 18.2 Å². The molecule has 1 amide bonds. The van der Waals surface area contributed by atoms with E-state index in [0.29, 0.717) is 5.75 Å². The second-order valence-electron chi connectivity index (χ2n) is 5.88. The fraction of sp³-hybridized carbons (Fsp3) is 0.300. The monoisotopic (exact) mass is 418 g/mol. The topological polar surface area (TPSA) is 126 Å². The molecule has 0 aliphatic rings. The number of methoxy groups -OCH3 is 2. The number of nitrogens with one attached hydrogen (secondary N) is 1. The van der Waals surface area contributed by atoms with Gasteiger partial charge in [-0.05, 0) is 13.0 Å². The number of amides is 1. The van der Waals surface area contributed by atoms with Crippen molar-refractivity contribution in [1.82, 2.24) is 5.32 Å². The summed E-state index contributed by atoms with van der Waals surface area (Å²) in [5.41, 5.74) is -0.122. The first kappa shape index (κ1) is 22.5. The first-order valence-electron chi connectivity index (χ1n) is 8.96. The van der Waals surface area contributed by atoms with Gasteiger partial charge in [-0.15, -0.1) is 0 Å². The van der Waals surface area contributed by atoms with Gasteiger partial charge in [-0.2, -0.15) is 0 Å². The van der Waals surface area contributed by atoms with E-state index in [4.69, 9.17) is 18.9 Å². The summed E-state index contributed by atoms with van der Waals surface area (Å²) in [5, 5.41) is 13.9. The Morgan fingerprint density at radius 1 is 1.07 bits per heavy atom. The minimum atomic E-state index is -1.03. The molecule has 2 aromatic carbocycles. The quantitative estimate of drug-likeness (QED) is 0.354. The number of hydrogen-bond acceptors (Lipinski definition) is 8. The number of benzene rings is 2. The van der Waals surface area contributed by atoms with Crippen molar-refractivity contribution in [3.05, 3.63) is 57.6 Å². The van der Waals surface area contributed by atoms with Crippen LogP contribution in [0.3, 0.4) is 0 Å². The van der Waals surface area contributed by atoms with Crippen molar-refractivity contribution < 1.29 is 33.5 Å². The highest BCUT2D eigenvalue weighted by Gasteiger charge is 2.26. The van der Waals surface area contributed by atoms with E-state index in [2.05, 4.69) is 5.32 Å². The largest absolute Gasteiger partial charge is 0.496 e. The predicted molar refractivity (Wildman–Crippen MR) is 106 cm³/mol. The zero-order valence-electron chi connectivity index (χ0n) is 16.8. The van der Waals surface area contributed by atoms with Crippen molar-refractivity contribution in [2.24, 2.45) is 0 Å². The van der Waals surface area contributed by atoms with Crippen LogP contribution < -0.4 is 19.5 Å². The van der Waals surface area contributed by atoms with E-state index in [-0.39, 0.29) is 30.2 Å². The lowest BCUT2D eigenvalue weighted by Gasteiger charge is -2.12. The van der Waals surface area contributed by atoms with Crippen LogP contribution >= 0.6 is 0 Å². The first-order chi connectivity index (χ1) is 14.4. The van der Waals surface area contributed by atoms with Gasteiger partial charge >= 0.3 is 5.97 Å². The summed E-state index contributed by atoms with van der Waals surface area (Å²) in [4.78, 5) is 35.0. The molecule has 0 spiro atoms. The number of para-hydroxylation sites is 1. The van der Waals surface area contributed by atoms with E-state index in [1.54, 1.807) is 31.2 Å². The molecule has 2 aromatic rings. The zero-order valence-corrected chi connectivity index (χ0v) is 16.8. The molecule has 0 saturated carbocycles. The van der Waals surface area contributed by atoms with Crippen molar-refractivity contribution in [1.29, 1.82) is 0 Å². The Morgan fingerprint density at radius 2 is 1.77 bits per heavy atom. The molecule has 0 bridgehead atoms. The molecule has 10 nitrogen and oxygen atoms in total. The van der Waals surface area contributed by atoms with Gasteiger partial charge in [0.25, 0.3) is 11.6 Å². The lowest BCUT2D eigenvalue weighted by molar-refractivity contribution is -0.385. The van der Waals surface area contributed by atoms with Crippen LogP contribution in [0.5, 0.6) is 17.2 Å². The second-order valence-corrected chi connectivity index (χ2v) is 5.88. The van der Waals surface area contributed by atoms with Gasteiger partial charge in [0.05, 0.1) is 31.8 Å². The number of ether oxygens (including phenoxy) is 4. The molecular formula is C20H22N2O8. The third-order valence-electron chi connectivity index (χ3n) is 4.00. The number of nitro groups is 1. The molecule has 160 valence electrons. The Hall–Kier alpha value is -3.82. The van der Waals surface area contributed by atoms with Gasteiger partial charge in [0.2, 0.25) is 0 Å². The molecular weight excluding hydrogens is 396 g/mol. The Bertz CT molecular complexity index is 929. The summed E-state index contributed by atoms with van der Waals surface area (Å²) in [7, 11) is 2.85. The highest BCUT2D eigenvalue weighted by molar-refractivity contribution is 5.96. The summed E-state index contributed by atoms with van der Waals surface area (Å²) in [6.07, 6.45) is 0. The summed E-state index contributed by atoms with van der Waals surface area (Å²) < 4.78 is 20.5. The minimum Gasteiger partial charge on any atom is -0.496 e. The Labute approximate surface area is 172 Å². The summed E-state index contributed by atoms with van der Waals surface area (Å²) in [6, 6.07) is 9.35. The van der Waals surface area contributed by atoms with Crippen LogP contribution in [-0.4, -0.2) is 44.2 Å². The van der Waals surface area contributed by atoms with E-state index in [9.17, 15) is 19.7 Å². The maximum Gasteiger partial charge on any atom is 0.345 e. The lowest BCUT2D eigenvalue weighted by atomic mass is 10.1. The van der Waals surface area contributed by atoms with Gasteiger partial charge in [0.1, 0.15) is 11.3 Å². The van der Waals surface area contributed by atoms with Gasteiger partial charge in [-0.25, -0.2) is 4.79 Å². The zero-order chi connectivity index (χ0) is 22.1. The molecule has 10 heteroatoms. The number of nitro benzene ring substituents is 1. The van der Waals surface area contributed by atoms with Crippen LogP contribution in [-0.2, 0) is 16.1 Å². The molecule has 2 rings (SSSR count). The van der Waals surface area contributed by atoms with E-state index in [1.807, 2.05) is 0 Å². The van der Waals surface area contributed by atoms with E-state index < -0.39 is 29.1 Å². The minimum absolute atomic E-state index is 0.123.